The number of halogens is 2. The van der Waals surface area contributed by atoms with Crippen molar-refractivity contribution >= 4 is 40.5 Å². The van der Waals surface area contributed by atoms with Crippen LogP contribution in [0.15, 0.2) is 36.4 Å². The highest BCUT2D eigenvalue weighted by Crippen LogP contribution is 2.32. The van der Waals surface area contributed by atoms with Gasteiger partial charge in [-0.1, -0.05) is 41.4 Å². The van der Waals surface area contributed by atoms with Crippen LogP contribution < -0.4 is 10.6 Å². The van der Waals surface area contributed by atoms with Gasteiger partial charge >= 0.3 is 0 Å². The van der Waals surface area contributed by atoms with Gasteiger partial charge in [0.2, 0.25) is 0 Å². The van der Waals surface area contributed by atoms with Crippen molar-refractivity contribution in [3.05, 3.63) is 57.6 Å². The summed E-state index contributed by atoms with van der Waals surface area (Å²) in [6.45, 7) is 0.665. The first-order valence-electron chi connectivity index (χ1n) is 6.22. The Morgan fingerprint density at radius 2 is 1.95 bits per heavy atom. The number of nitrogen functional groups attached to an aromatic ring is 1. The second kappa shape index (κ2) is 5.00. The molecule has 0 atom stereocenters. The standard InChI is InChI=1S/C15H12Cl2N2O/c16-11-7-10(8-12(18)14(11)17)15(20)19-6-5-9-3-1-2-4-13(9)19/h1-4,7-8H,5-6,18H2. The number of benzene rings is 2. The van der Waals surface area contributed by atoms with Crippen LogP contribution in [0.3, 0.4) is 0 Å². The first-order chi connectivity index (χ1) is 9.58. The first-order valence-corrected chi connectivity index (χ1v) is 6.98. The fourth-order valence-electron chi connectivity index (χ4n) is 2.44. The number of hydrogen-bond acceptors (Lipinski definition) is 2. The maximum atomic E-state index is 12.6. The Balaban J connectivity index is 1.99. The summed E-state index contributed by atoms with van der Waals surface area (Å²) in [7, 11) is 0. The van der Waals surface area contributed by atoms with Crippen LogP contribution in [0.5, 0.6) is 0 Å². The van der Waals surface area contributed by atoms with E-state index in [1.54, 1.807) is 17.0 Å². The van der Waals surface area contributed by atoms with Crippen LogP contribution in [0.2, 0.25) is 10.0 Å². The number of nitrogens with zero attached hydrogens (tertiary/aromatic N) is 1. The summed E-state index contributed by atoms with van der Waals surface area (Å²) in [6, 6.07) is 11.0. The summed E-state index contributed by atoms with van der Waals surface area (Å²) < 4.78 is 0. The molecule has 1 aliphatic rings. The molecule has 0 bridgehead atoms. The number of carbonyl (C=O) groups excluding carboxylic acids is 1. The highest BCUT2D eigenvalue weighted by molar-refractivity contribution is 6.44. The topological polar surface area (TPSA) is 46.3 Å². The summed E-state index contributed by atoms with van der Waals surface area (Å²) in [6.07, 6.45) is 0.860. The van der Waals surface area contributed by atoms with E-state index in [0.29, 0.717) is 22.8 Å². The molecule has 0 aromatic heterocycles. The molecule has 1 aliphatic heterocycles. The number of nitrogens with two attached hydrogens (primary N) is 1. The molecule has 102 valence electrons. The van der Waals surface area contributed by atoms with Crippen molar-refractivity contribution in [2.75, 3.05) is 17.2 Å². The molecule has 2 N–H and O–H groups in total. The number of fused-ring (bicyclic) bond motifs is 1. The van der Waals surface area contributed by atoms with Crippen LogP contribution in [0.25, 0.3) is 0 Å². The average Bonchev–Trinajstić information content (AvgIpc) is 2.87. The molecule has 0 fully saturated rings. The van der Waals surface area contributed by atoms with Crippen LogP contribution in [0, 0.1) is 0 Å². The molecular formula is C15H12Cl2N2O. The van der Waals surface area contributed by atoms with Gasteiger partial charge in [0.15, 0.2) is 0 Å². The molecule has 0 spiro atoms. The summed E-state index contributed by atoms with van der Waals surface area (Å²) >= 11 is 11.9. The molecule has 3 rings (SSSR count). The number of amides is 1. The molecule has 3 nitrogen and oxygen atoms in total. The molecule has 1 amide bonds. The zero-order valence-electron chi connectivity index (χ0n) is 10.6. The normalized spacial score (nSPS) is 13.4. The van der Waals surface area contributed by atoms with Crippen molar-refractivity contribution in [2.24, 2.45) is 0 Å². The molecule has 0 aliphatic carbocycles. The minimum Gasteiger partial charge on any atom is -0.397 e. The fraction of sp³-hybridized carbons (Fsp3) is 0.133. The molecule has 0 saturated heterocycles. The van der Waals surface area contributed by atoms with E-state index in [1.807, 2.05) is 24.3 Å². The van der Waals surface area contributed by atoms with E-state index in [4.69, 9.17) is 28.9 Å². The highest BCUT2D eigenvalue weighted by atomic mass is 35.5. The zero-order chi connectivity index (χ0) is 14.3. The maximum Gasteiger partial charge on any atom is 0.258 e. The molecular weight excluding hydrogens is 295 g/mol. The fourth-order valence-corrected chi connectivity index (χ4v) is 2.77. The van der Waals surface area contributed by atoms with Crippen molar-refractivity contribution in [3.8, 4) is 0 Å². The number of rotatable bonds is 1. The van der Waals surface area contributed by atoms with Gasteiger partial charge < -0.3 is 10.6 Å². The van der Waals surface area contributed by atoms with Gasteiger partial charge in [0.1, 0.15) is 0 Å². The molecule has 2 aromatic rings. The molecule has 20 heavy (non-hydrogen) atoms. The Morgan fingerprint density at radius 1 is 1.20 bits per heavy atom. The van der Waals surface area contributed by atoms with E-state index in [2.05, 4.69) is 0 Å². The number of para-hydroxylation sites is 1. The van der Waals surface area contributed by atoms with Crippen LogP contribution >= 0.6 is 23.2 Å². The van der Waals surface area contributed by atoms with Crippen LogP contribution in [0.1, 0.15) is 15.9 Å². The second-order valence-corrected chi connectivity index (χ2v) is 5.48. The Bertz CT molecular complexity index is 677. The number of hydrogen-bond donors (Lipinski definition) is 1. The second-order valence-electron chi connectivity index (χ2n) is 4.70. The quantitative estimate of drug-likeness (QED) is 0.815. The third-order valence-corrected chi connectivity index (χ3v) is 4.25. The summed E-state index contributed by atoms with van der Waals surface area (Å²) in [4.78, 5) is 14.3. The lowest BCUT2D eigenvalue weighted by atomic mass is 10.1. The van der Waals surface area contributed by atoms with Gasteiger partial charge in [0.25, 0.3) is 5.91 Å². The Kier molecular flexibility index (Phi) is 3.32. The van der Waals surface area contributed by atoms with Gasteiger partial charge in [0.05, 0.1) is 15.7 Å². The van der Waals surface area contributed by atoms with E-state index in [1.165, 1.54) is 5.56 Å². The number of carbonyl (C=O) groups is 1. The van der Waals surface area contributed by atoms with Crippen molar-refractivity contribution in [3.63, 3.8) is 0 Å². The van der Waals surface area contributed by atoms with Gasteiger partial charge in [-0.15, -0.1) is 0 Å². The van der Waals surface area contributed by atoms with Crippen molar-refractivity contribution in [1.82, 2.24) is 0 Å². The van der Waals surface area contributed by atoms with Crippen molar-refractivity contribution < 1.29 is 4.79 Å². The average molecular weight is 307 g/mol. The monoisotopic (exact) mass is 306 g/mol. The Labute approximate surface area is 126 Å². The first kappa shape index (κ1) is 13.3. The molecule has 2 aromatic carbocycles. The van der Waals surface area contributed by atoms with E-state index in [9.17, 15) is 4.79 Å². The largest absolute Gasteiger partial charge is 0.397 e. The Morgan fingerprint density at radius 3 is 2.70 bits per heavy atom. The van der Waals surface area contributed by atoms with Crippen LogP contribution in [-0.2, 0) is 6.42 Å². The lowest BCUT2D eigenvalue weighted by Gasteiger charge is -2.18. The Hall–Kier alpha value is -1.71. The smallest absolute Gasteiger partial charge is 0.258 e. The van der Waals surface area contributed by atoms with E-state index in [-0.39, 0.29) is 10.9 Å². The van der Waals surface area contributed by atoms with Gasteiger partial charge in [0, 0.05) is 17.8 Å². The molecule has 0 unspecified atom stereocenters. The minimum atomic E-state index is -0.111. The van der Waals surface area contributed by atoms with Crippen molar-refractivity contribution in [1.29, 1.82) is 0 Å². The van der Waals surface area contributed by atoms with Crippen LogP contribution in [0.4, 0.5) is 11.4 Å². The summed E-state index contributed by atoms with van der Waals surface area (Å²) in [5, 5.41) is 0.576. The van der Waals surface area contributed by atoms with Gasteiger partial charge in [-0.25, -0.2) is 0 Å². The lowest BCUT2D eigenvalue weighted by molar-refractivity contribution is 0.0989. The predicted octanol–water partition coefficient (Wildman–Crippen LogP) is 3.78. The highest BCUT2D eigenvalue weighted by Gasteiger charge is 2.25. The zero-order valence-corrected chi connectivity index (χ0v) is 12.1. The molecule has 5 heteroatoms. The maximum absolute atomic E-state index is 12.6. The van der Waals surface area contributed by atoms with Crippen LogP contribution in [-0.4, -0.2) is 12.5 Å². The molecule has 0 saturated carbocycles. The van der Waals surface area contributed by atoms with E-state index in [0.717, 1.165) is 12.1 Å². The lowest BCUT2D eigenvalue weighted by Crippen LogP contribution is -2.28. The molecule has 0 radical (unpaired) electrons. The molecule has 1 heterocycles. The predicted molar refractivity (Wildman–Crippen MR) is 82.7 cm³/mol. The van der Waals surface area contributed by atoms with Gasteiger partial charge in [-0.05, 0) is 30.2 Å². The third kappa shape index (κ3) is 2.13. The van der Waals surface area contributed by atoms with Gasteiger partial charge in [-0.3, -0.25) is 4.79 Å². The summed E-state index contributed by atoms with van der Waals surface area (Å²) in [5.74, 6) is -0.111. The third-order valence-electron chi connectivity index (χ3n) is 3.44. The van der Waals surface area contributed by atoms with Gasteiger partial charge in [-0.2, -0.15) is 0 Å². The SMILES string of the molecule is Nc1cc(C(=O)N2CCc3ccccc32)cc(Cl)c1Cl. The van der Waals surface area contributed by atoms with E-state index >= 15 is 0 Å². The van der Waals surface area contributed by atoms with Crippen molar-refractivity contribution in [2.45, 2.75) is 6.42 Å². The minimum absolute atomic E-state index is 0.111. The van der Waals surface area contributed by atoms with E-state index < -0.39 is 0 Å². The number of anilines is 2. The summed E-state index contributed by atoms with van der Waals surface area (Å²) in [5.41, 5.74) is 8.65.